The molecule has 0 atom stereocenters. The number of nitrogen functional groups attached to an aromatic ring is 1. The highest BCUT2D eigenvalue weighted by atomic mass is 16.5. The van der Waals surface area contributed by atoms with Gasteiger partial charge in [0, 0.05) is 12.3 Å². The molecule has 1 heterocycles. The summed E-state index contributed by atoms with van der Waals surface area (Å²) in [6.07, 6.45) is 2.60. The van der Waals surface area contributed by atoms with Crippen molar-refractivity contribution in [1.82, 2.24) is 4.98 Å². The summed E-state index contributed by atoms with van der Waals surface area (Å²) in [5.41, 5.74) is 5.38. The molecule has 0 amide bonds. The summed E-state index contributed by atoms with van der Waals surface area (Å²) in [5.74, 6) is 1.27. The number of pyridine rings is 1. The first-order valence-corrected chi connectivity index (χ1v) is 4.44. The number of rotatable bonds is 3. The van der Waals surface area contributed by atoms with Crippen molar-refractivity contribution < 1.29 is 4.74 Å². The molecule has 0 spiro atoms. The second-order valence-electron chi connectivity index (χ2n) is 3.63. The van der Waals surface area contributed by atoms with Gasteiger partial charge in [0.1, 0.15) is 17.2 Å². The summed E-state index contributed by atoms with van der Waals surface area (Å²) in [6.45, 7) is 6.18. The zero-order valence-electron chi connectivity index (χ0n) is 8.37. The third kappa shape index (κ3) is 2.93. The van der Waals surface area contributed by atoms with Gasteiger partial charge >= 0.3 is 0 Å². The predicted molar refractivity (Wildman–Crippen MR) is 53.6 cm³/mol. The third-order valence-corrected chi connectivity index (χ3v) is 2.00. The number of hydrogen-bond acceptors (Lipinski definition) is 3. The maximum Gasteiger partial charge on any atom is 0.126 e. The molecular formula is C10H16N2O. The van der Waals surface area contributed by atoms with Gasteiger partial charge in [-0.15, -0.1) is 0 Å². The minimum Gasteiger partial charge on any atom is -0.488 e. The Balaban J connectivity index is 2.74. The van der Waals surface area contributed by atoms with Gasteiger partial charge in [0.25, 0.3) is 0 Å². The SMILES string of the molecule is CCC(C)(C)Oc1ccnc(N)c1. The van der Waals surface area contributed by atoms with Crippen LogP contribution in [0.15, 0.2) is 18.3 Å². The molecule has 3 nitrogen and oxygen atoms in total. The Morgan fingerprint density at radius 3 is 2.77 bits per heavy atom. The average Bonchev–Trinajstić information content (AvgIpc) is 2.03. The van der Waals surface area contributed by atoms with Gasteiger partial charge in [-0.1, -0.05) is 6.92 Å². The summed E-state index contributed by atoms with van der Waals surface area (Å²) in [4.78, 5) is 3.89. The first-order valence-electron chi connectivity index (χ1n) is 4.44. The van der Waals surface area contributed by atoms with Crippen molar-refractivity contribution in [2.45, 2.75) is 32.8 Å². The van der Waals surface area contributed by atoms with Gasteiger partial charge < -0.3 is 10.5 Å². The molecule has 0 aliphatic carbocycles. The van der Waals surface area contributed by atoms with E-state index in [1.807, 2.05) is 19.9 Å². The molecule has 0 radical (unpaired) electrons. The average molecular weight is 180 g/mol. The van der Waals surface area contributed by atoms with Crippen molar-refractivity contribution in [2.24, 2.45) is 0 Å². The Morgan fingerprint density at radius 2 is 2.23 bits per heavy atom. The second-order valence-corrected chi connectivity index (χ2v) is 3.63. The molecule has 1 aromatic heterocycles. The zero-order chi connectivity index (χ0) is 9.90. The molecule has 0 saturated heterocycles. The first-order chi connectivity index (χ1) is 6.03. The van der Waals surface area contributed by atoms with Gasteiger partial charge in [-0.2, -0.15) is 0 Å². The summed E-state index contributed by atoms with van der Waals surface area (Å²) < 4.78 is 5.71. The number of anilines is 1. The molecule has 0 aromatic carbocycles. The maximum atomic E-state index is 5.71. The van der Waals surface area contributed by atoms with E-state index in [0.29, 0.717) is 5.82 Å². The highest BCUT2D eigenvalue weighted by Crippen LogP contribution is 2.21. The molecule has 0 aliphatic heterocycles. The normalized spacial score (nSPS) is 11.3. The van der Waals surface area contributed by atoms with Crippen LogP contribution in [0.3, 0.4) is 0 Å². The number of ether oxygens (including phenoxy) is 1. The van der Waals surface area contributed by atoms with E-state index >= 15 is 0 Å². The number of aromatic nitrogens is 1. The molecule has 0 unspecified atom stereocenters. The van der Waals surface area contributed by atoms with E-state index < -0.39 is 0 Å². The first kappa shape index (κ1) is 9.84. The minimum absolute atomic E-state index is 0.145. The second kappa shape index (κ2) is 3.64. The topological polar surface area (TPSA) is 48.1 Å². The van der Waals surface area contributed by atoms with Crippen LogP contribution in [-0.4, -0.2) is 10.6 Å². The fourth-order valence-corrected chi connectivity index (χ4v) is 0.883. The Labute approximate surface area is 78.9 Å². The molecule has 0 saturated carbocycles. The largest absolute Gasteiger partial charge is 0.488 e. The summed E-state index contributed by atoms with van der Waals surface area (Å²) in [5, 5.41) is 0. The van der Waals surface area contributed by atoms with E-state index in [1.54, 1.807) is 12.3 Å². The Kier molecular flexibility index (Phi) is 2.76. The van der Waals surface area contributed by atoms with Gasteiger partial charge in [-0.3, -0.25) is 0 Å². The van der Waals surface area contributed by atoms with Gasteiger partial charge in [0.05, 0.1) is 0 Å². The number of nitrogens with zero attached hydrogens (tertiary/aromatic N) is 1. The minimum atomic E-state index is -0.145. The van der Waals surface area contributed by atoms with Crippen LogP contribution in [0.25, 0.3) is 0 Å². The van der Waals surface area contributed by atoms with Gasteiger partial charge in [0.2, 0.25) is 0 Å². The van der Waals surface area contributed by atoms with E-state index in [2.05, 4.69) is 11.9 Å². The highest BCUT2D eigenvalue weighted by Gasteiger charge is 2.16. The van der Waals surface area contributed by atoms with Crippen molar-refractivity contribution in [1.29, 1.82) is 0 Å². The molecular weight excluding hydrogens is 164 g/mol. The van der Waals surface area contributed by atoms with Crippen LogP contribution in [0.1, 0.15) is 27.2 Å². The third-order valence-electron chi connectivity index (χ3n) is 2.00. The fourth-order valence-electron chi connectivity index (χ4n) is 0.883. The van der Waals surface area contributed by atoms with Crippen LogP contribution in [-0.2, 0) is 0 Å². The molecule has 0 aliphatic rings. The van der Waals surface area contributed by atoms with E-state index in [0.717, 1.165) is 12.2 Å². The molecule has 1 aromatic rings. The maximum absolute atomic E-state index is 5.71. The number of hydrogen-bond donors (Lipinski definition) is 1. The molecule has 72 valence electrons. The van der Waals surface area contributed by atoms with Crippen LogP contribution in [0.5, 0.6) is 5.75 Å². The van der Waals surface area contributed by atoms with Crippen molar-refractivity contribution in [3.8, 4) is 5.75 Å². The van der Waals surface area contributed by atoms with E-state index in [9.17, 15) is 0 Å². The van der Waals surface area contributed by atoms with Gasteiger partial charge in [-0.25, -0.2) is 4.98 Å². The van der Waals surface area contributed by atoms with E-state index in [-0.39, 0.29) is 5.60 Å². The summed E-state index contributed by atoms with van der Waals surface area (Å²) in [6, 6.07) is 3.55. The monoisotopic (exact) mass is 180 g/mol. The van der Waals surface area contributed by atoms with Gasteiger partial charge in [-0.05, 0) is 26.3 Å². The van der Waals surface area contributed by atoms with Gasteiger partial charge in [0.15, 0.2) is 0 Å². The van der Waals surface area contributed by atoms with Crippen molar-refractivity contribution in [3.05, 3.63) is 18.3 Å². The summed E-state index contributed by atoms with van der Waals surface area (Å²) in [7, 11) is 0. The predicted octanol–water partition coefficient (Wildman–Crippen LogP) is 2.23. The molecule has 3 heteroatoms. The van der Waals surface area contributed by atoms with Crippen molar-refractivity contribution in [2.75, 3.05) is 5.73 Å². The molecule has 13 heavy (non-hydrogen) atoms. The Bertz CT molecular complexity index is 284. The standard InChI is InChI=1S/C10H16N2O/c1-4-10(2,3)13-8-5-6-12-9(11)7-8/h5-7H,4H2,1-3H3,(H2,11,12). The fraction of sp³-hybridized carbons (Fsp3) is 0.500. The zero-order valence-corrected chi connectivity index (χ0v) is 8.37. The smallest absolute Gasteiger partial charge is 0.126 e. The lowest BCUT2D eigenvalue weighted by Crippen LogP contribution is -2.26. The number of nitrogens with two attached hydrogens (primary N) is 1. The lowest BCUT2D eigenvalue weighted by molar-refractivity contribution is 0.105. The quantitative estimate of drug-likeness (QED) is 0.776. The lowest BCUT2D eigenvalue weighted by Gasteiger charge is -2.24. The Hall–Kier alpha value is -1.25. The lowest BCUT2D eigenvalue weighted by atomic mass is 10.1. The van der Waals surface area contributed by atoms with Crippen LogP contribution in [0, 0.1) is 0 Å². The summed E-state index contributed by atoms with van der Waals surface area (Å²) >= 11 is 0. The molecule has 2 N–H and O–H groups in total. The van der Waals surface area contributed by atoms with Crippen molar-refractivity contribution >= 4 is 5.82 Å². The van der Waals surface area contributed by atoms with E-state index in [4.69, 9.17) is 10.5 Å². The van der Waals surface area contributed by atoms with Crippen LogP contribution in [0.4, 0.5) is 5.82 Å². The highest BCUT2D eigenvalue weighted by molar-refractivity contribution is 5.35. The van der Waals surface area contributed by atoms with E-state index in [1.165, 1.54) is 0 Å². The molecule has 0 fully saturated rings. The molecule has 1 rings (SSSR count). The van der Waals surface area contributed by atoms with Crippen LogP contribution >= 0.6 is 0 Å². The van der Waals surface area contributed by atoms with Crippen LogP contribution in [0.2, 0.25) is 0 Å². The van der Waals surface area contributed by atoms with Crippen molar-refractivity contribution in [3.63, 3.8) is 0 Å². The molecule has 0 bridgehead atoms. The Morgan fingerprint density at radius 1 is 1.54 bits per heavy atom. The van der Waals surface area contributed by atoms with Crippen LogP contribution < -0.4 is 10.5 Å².